The van der Waals surface area contributed by atoms with Gasteiger partial charge in [0.25, 0.3) is 0 Å². The van der Waals surface area contributed by atoms with Gasteiger partial charge in [0.15, 0.2) is 5.96 Å². The van der Waals surface area contributed by atoms with E-state index in [-0.39, 0.29) is 0 Å². The van der Waals surface area contributed by atoms with Crippen LogP contribution in [0.25, 0.3) is 0 Å². The highest BCUT2D eigenvalue weighted by Gasteiger charge is 2.35. The third-order valence-corrected chi connectivity index (χ3v) is 5.42. The lowest BCUT2D eigenvalue weighted by Crippen LogP contribution is -2.41. The molecule has 1 aromatic heterocycles. The minimum absolute atomic E-state index is 0.785. The number of hydrogen-bond donors (Lipinski definition) is 1. The molecule has 0 spiro atoms. The van der Waals surface area contributed by atoms with Gasteiger partial charge in [0.05, 0.1) is 6.26 Å². The van der Waals surface area contributed by atoms with E-state index in [0.717, 1.165) is 62.7 Å². The zero-order valence-corrected chi connectivity index (χ0v) is 15.6. The molecule has 2 fully saturated rings. The molecular weight excluding hydrogens is 314 g/mol. The van der Waals surface area contributed by atoms with Crippen LogP contribution in [0.3, 0.4) is 0 Å². The van der Waals surface area contributed by atoms with E-state index in [1.54, 1.807) is 6.26 Å². The van der Waals surface area contributed by atoms with Gasteiger partial charge in [-0.15, -0.1) is 0 Å². The fourth-order valence-corrected chi connectivity index (χ4v) is 4.09. The zero-order valence-electron chi connectivity index (χ0n) is 15.6. The maximum Gasteiger partial charge on any atom is 0.193 e. The van der Waals surface area contributed by atoms with Crippen molar-refractivity contribution in [2.75, 3.05) is 39.4 Å². The summed E-state index contributed by atoms with van der Waals surface area (Å²) < 4.78 is 10.9. The molecule has 2 atom stereocenters. The van der Waals surface area contributed by atoms with Crippen LogP contribution in [0.15, 0.2) is 27.8 Å². The number of hydrogen-bond acceptors (Lipinski definition) is 3. The molecule has 0 aromatic carbocycles. The van der Waals surface area contributed by atoms with Crippen molar-refractivity contribution in [3.8, 4) is 0 Å². The Kier molecular flexibility index (Phi) is 7.22. The quantitative estimate of drug-likeness (QED) is 0.445. The van der Waals surface area contributed by atoms with Crippen molar-refractivity contribution in [2.45, 2.75) is 45.4 Å². The molecule has 0 radical (unpaired) electrons. The second-order valence-corrected chi connectivity index (χ2v) is 7.22. The van der Waals surface area contributed by atoms with Crippen LogP contribution in [-0.4, -0.2) is 50.3 Å². The summed E-state index contributed by atoms with van der Waals surface area (Å²) in [6.07, 6.45) is 9.21. The SMILES string of the molecule is CCOCCCN=C(NCCc1ccco1)N1CC2CCCCC2C1. The van der Waals surface area contributed by atoms with Crippen LogP contribution in [0.1, 0.15) is 44.8 Å². The van der Waals surface area contributed by atoms with Gasteiger partial charge in [-0.1, -0.05) is 12.8 Å². The van der Waals surface area contributed by atoms with E-state index in [2.05, 4.69) is 10.2 Å². The Bertz CT molecular complexity index is 501. The molecule has 5 heteroatoms. The summed E-state index contributed by atoms with van der Waals surface area (Å²) in [6.45, 7) is 7.65. The van der Waals surface area contributed by atoms with E-state index in [1.807, 2.05) is 19.1 Å². The van der Waals surface area contributed by atoms with Gasteiger partial charge in [-0.3, -0.25) is 4.99 Å². The summed E-state index contributed by atoms with van der Waals surface area (Å²) in [5.74, 6) is 3.85. The van der Waals surface area contributed by atoms with Crippen molar-refractivity contribution in [3.05, 3.63) is 24.2 Å². The highest BCUT2D eigenvalue weighted by molar-refractivity contribution is 5.80. The molecule has 1 aliphatic carbocycles. The van der Waals surface area contributed by atoms with Crippen LogP contribution in [0.4, 0.5) is 0 Å². The van der Waals surface area contributed by atoms with Gasteiger partial charge < -0.3 is 19.4 Å². The number of guanidine groups is 1. The molecular formula is C20H33N3O2. The van der Waals surface area contributed by atoms with Gasteiger partial charge in [0.2, 0.25) is 0 Å². The Morgan fingerprint density at radius 2 is 2.12 bits per heavy atom. The number of ether oxygens (including phenoxy) is 1. The number of nitrogens with one attached hydrogen (secondary N) is 1. The maximum absolute atomic E-state index is 5.43. The predicted molar refractivity (Wildman–Crippen MR) is 101 cm³/mol. The van der Waals surface area contributed by atoms with E-state index in [1.165, 1.54) is 38.8 Å². The smallest absolute Gasteiger partial charge is 0.193 e. The van der Waals surface area contributed by atoms with Crippen LogP contribution < -0.4 is 5.32 Å². The van der Waals surface area contributed by atoms with Crippen LogP contribution >= 0.6 is 0 Å². The van der Waals surface area contributed by atoms with E-state index in [9.17, 15) is 0 Å². The Hall–Kier alpha value is -1.49. The normalized spacial score (nSPS) is 23.7. The summed E-state index contributed by atoms with van der Waals surface area (Å²) >= 11 is 0. The van der Waals surface area contributed by atoms with Crippen LogP contribution in [0.2, 0.25) is 0 Å². The lowest BCUT2D eigenvalue weighted by Gasteiger charge is -2.22. The van der Waals surface area contributed by atoms with Gasteiger partial charge in [0.1, 0.15) is 5.76 Å². The summed E-state index contributed by atoms with van der Waals surface area (Å²) in [5, 5.41) is 3.58. The molecule has 2 unspecified atom stereocenters. The Morgan fingerprint density at radius 3 is 2.80 bits per heavy atom. The average molecular weight is 348 g/mol. The van der Waals surface area contributed by atoms with Gasteiger partial charge in [-0.25, -0.2) is 0 Å². The average Bonchev–Trinajstić information content (AvgIpc) is 3.29. The van der Waals surface area contributed by atoms with Crippen molar-refractivity contribution >= 4 is 5.96 Å². The molecule has 1 saturated carbocycles. The third kappa shape index (κ3) is 5.50. The van der Waals surface area contributed by atoms with Crippen LogP contribution in [0, 0.1) is 11.8 Å². The van der Waals surface area contributed by atoms with Crippen LogP contribution in [0.5, 0.6) is 0 Å². The molecule has 1 N–H and O–H groups in total. The van der Waals surface area contributed by atoms with E-state index >= 15 is 0 Å². The number of likely N-dealkylation sites (tertiary alicyclic amines) is 1. The van der Waals surface area contributed by atoms with Crippen molar-refractivity contribution < 1.29 is 9.15 Å². The summed E-state index contributed by atoms with van der Waals surface area (Å²) in [6, 6.07) is 3.98. The number of fused-ring (bicyclic) bond motifs is 1. The van der Waals surface area contributed by atoms with Crippen molar-refractivity contribution in [1.82, 2.24) is 10.2 Å². The first kappa shape index (κ1) is 18.3. The van der Waals surface area contributed by atoms with Crippen molar-refractivity contribution in [1.29, 1.82) is 0 Å². The fraction of sp³-hybridized carbons (Fsp3) is 0.750. The van der Waals surface area contributed by atoms with Gasteiger partial charge in [0, 0.05) is 45.8 Å². The van der Waals surface area contributed by atoms with Gasteiger partial charge in [-0.05, 0) is 50.2 Å². The second-order valence-electron chi connectivity index (χ2n) is 7.22. The highest BCUT2D eigenvalue weighted by Crippen LogP contribution is 2.35. The molecule has 3 rings (SSSR count). The molecule has 1 aliphatic heterocycles. The summed E-state index contributed by atoms with van der Waals surface area (Å²) in [4.78, 5) is 7.36. The fourth-order valence-electron chi connectivity index (χ4n) is 4.09. The Labute approximate surface area is 151 Å². The number of nitrogens with zero attached hydrogens (tertiary/aromatic N) is 2. The predicted octanol–water partition coefficient (Wildman–Crippen LogP) is 3.32. The minimum atomic E-state index is 0.785. The molecule has 5 nitrogen and oxygen atoms in total. The van der Waals surface area contributed by atoms with Crippen LogP contribution in [-0.2, 0) is 11.2 Å². The topological polar surface area (TPSA) is 50.0 Å². The highest BCUT2D eigenvalue weighted by atomic mass is 16.5. The zero-order chi connectivity index (χ0) is 17.3. The third-order valence-electron chi connectivity index (χ3n) is 5.42. The molecule has 1 aromatic rings. The molecule has 0 amide bonds. The standard InChI is InChI=1S/C20H33N3O2/c1-2-24-13-6-11-21-20(22-12-10-19-9-5-14-25-19)23-15-17-7-3-4-8-18(17)16-23/h5,9,14,17-18H,2-4,6-8,10-13,15-16H2,1H3,(H,21,22). The maximum atomic E-state index is 5.43. The molecule has 0 bridgehead atoms. The number of aliphatic imine (C=N–C) groups is 1. The van der Waals surface area contributed by atoms with Crippen molar-refractivity contribution in [2.24, 2.45) is 16.8 Å². The second kappa shape index (κ2) is 9.85. The first-order valence-corrected chi connectivity index (χ1v) is 10.00. The molecule has 2 aliphatic rings. The molecule has 1 saturated heterocycles. The molecule has 140 valence electrons. The lowest BCUT2D eigenvalue weighted by molar-refractivity contribution is 0.146. The van der Waals surface area contributed by atoms with Gasteiger partial charge in [-0.2, -0.15) is 0 Å². The summed E-state index contributed by atoms with van der Waals surface area (Å²) in [5.41, 5.74) is 0. The first-order chi connectivity index (χ1) is 12.4. The number of rotatable bonds is 8. The Morgan fingerprint density at radius 1 is 1.32 bits per heavy atom. The molecule has 2 heterocycles. The lowest BCUT2D eigenvalue weighted by atomic mass is 9.82. The Balaban J connectivity index is 1.52. The molecule has 25 heavy (non-hydrogen) atoms. The van der Waals surface area contributed by atoms with E-state index in [4.69, 9.17) is 14.1 Å². The summed E-state index contributed by atoms with van der Waals surface area (Å²) in [7, 11) is 0. The van der Waals surface area contributed by atoms with Crippen molar-refractivity contribution in [3.63, 3.8) is 0 Å². The number of furan rings is 1. The largest absolute Gasteiger partial charge is 0.469 e. The van der Waals surface area contributed by atoms with Gasteiger partial charge >= 0.3 is 0 Å². The monoisotopic (exact) mass is 347 g/mol. The van der Waals surface area contributed by atoms with E-state index < -0.39 is 0 Å². The van der Waals surface area contributed by atoms with E-state index in [0.29, 0.717) is 0 Å². The first-order valence-electron chi connectivity index (χ1n) is 10.00. The minimum Gasteiger partial charge on any atom is -0.469 e.